The van der Waals surface area contributed by atoms with Crippen LogP contribution in [0.4, 0.5) is 0 Å². The van der Waals surface area contributed by atoms with Gasteiger partial charge in [0, 0.05) is 0 Å². The van der Waals surface area contributed by atoms with E-state index < -0.39 is 28.8 Å². The molecule has 2 amide bonds. The average molecular weight is 272 g/mol. The normalized spacial score (nSPS) is 10.7. The summed E-state index contributed by atoms with van der Waals surface area (Å²) in [6, 6.07) is 0. The summed E-state index contributed by atoms with van der Waals surface area (Å²) in [6.07, 6.45) is 0. The number of nitrogens with one attached hydrogen (secondary N) is 4. The second kappa shape index (κ2) is 7.59. The predicted molar refractivity (Wildman–Crippen MR) is 67.9 cm³/mol. The number of ketones is 2. The van der Waals surface area contributed by atoms with Gasteiger partial charge in [0.15, 0.2) is 11.6 Å². The molecule has 0 unspecified atom stereocenters. The minimum atomic E-state index is -2.34. The molecule has 0 heterocycles. The van der Waals surface area contributed by atoms with Crippen LogP contribution in [-0.4, -0.2) is 50.8 Å². The molecule has 108 valence electrons. The first kappa shape index (κ1) is 17.2. The van der Waals surface area contributed by atoms with Crippen molar-refractivity contribution in [2.45, 2.75) is 13.8 Å². The molecule has 0 radical (unpaired) electrons. The molecule has 8 nitrogen and oxygen atoms in total. The van der Waals surface area contributed by atoms with E-state index >= 15 is 0 Å². The summed E-state index contributed by atoms with van der Waals surface area (Å²) in [4.78, 5) is 47.5. The number of hydrogen-bond acceptors (Lipinski definition) is 6. The van der Waals surface area contributed by atoms with E-state index in [1.165, 1.54) is 0 Å². The molecule has 0 atom stereocenters. The minimum absolute atomic E-state index is 0.0421. The monoisotopic (exact) mass is 272 g/mol. The minimum Gasteiger partial charge on any atom is -0.342 e. The molecule has 4 N–H and O–H groups in total. The van der Waals surface area contributed by atoms with Crippen molar-refractivity contribution in [3.05, 3.63) is 0 Å². The van der Waals surface area contributed by atoms with Crippen LogP contribution in [0.25, 0.3) is 0 Å². The molecule has 0 aliphatic carbocycles. The Balaban J connectivity index is 5.43. The first-order chi connectivity index (χ1) is 8.85. The molecular formula is C11H20N4O4. The molecule has 0 rings (SSSR count). The summed E-state index contributed by atoms with van der Waals surface area (Å²) in [5.41, 5.74) is -2.34. The van der Waals surface area contributed by atoms with E-state index in [0.29, 0.717) is 0 Å². The Labute approximate surface area is 111 Å². The van der Waals surface area contributed by atoms with E-state index in [-0.39, 0.29) is 13.3 Å². The first-order valence-corrected chi connectivity index (χ1v) is 5.73. The second-order valence-electron chi connectivity index (χ2n) is 3.93. The molecule has 0 bridgehead atoms. The molecule has 0 aliphatic heterocycles. The Morgan fingerprint density at radius 1 is 0.789 bits per heavy atom. The Hall–Kier alpha value is -1.80. The number of carbonyl (C=O) groups excluding carboxylic acids is 4. The smallest absolute Gasteiger partial charge is 0.252 e. The summed E-state index contributed by atoms with van der Waals surface area (Å²) in [7, 11) is 3.15. The highest BCUT2D eigenvalue weighted by Crippen LogP contribution is 2.21. The van der Waals surface area contributed by atoms with E-state index in [1.54, 1.807) is 14.1 Å². The van der Waals surface area contributed by atoms with Gasteiger partial charge in [0.1, 0.15) is 0 Å². The molecule has 19 heavy (non-hydrogen) atoms. The number of rotatable bonds is 8. The first-order valence-electron chi connectivity index (χ1n) is 5.73. The average Bonchev–Trinajstić information content (AvgIpc) is 2.33. The van der Waals surface area contributed by atoms with Crippen LogP contribution in [0.15, 0.2) is 0 Å². The lowest BCUT2D eigenvalue weighted by Crippen LogP contribution is -2.60. The van der Waals surface area contributed by atoms with E-state index in [9.17, 15) is 19.2 Å². The van der Waals surface area contributed by atoms with Gasteiger partial charge in [-0.05, 0) is 27.9 Å². The number of carbonyl (C=O) groups is 4. The molecule has 8 heteroatoms. The van der Waals surface area contributed by atoms with Gasteiger partial charge < -0.3 is 21.3 Å². The van der Waals surface area contributed by atoms with E-state index in [0.717, 1.165) is 13.8 Å². The van der Waals surface area contributed by atoms with Gasteiger partial charge in [0.2, 0.25) is 5.41 Å². The van der Waals surface area contributed by atoms with E-state index in [1.807, 2.05) is 0 Å². The third kappa shape index (κ3) is 3.58. The molecule has 0 saturated carbocycles. The second-order valence-corrected chi connectivity index (χ2v) is 3.93. The number of Topliss-reactive ketones (excluding diaryl/α,β-unsaturated/α-hetero) is 2. The zero-order valence-electron chi connectivity index (χ0n) is 11.5. The van der Waals surface area contributed by atoms with Crippen LogP contribution >= 0.6 is 0 Å². The summed E-state index contributed by atoms with van der Waals surface area (Å²) >= 11 is 0. The van der Waals surface area contributed by atoms with Gasteiger partial charge in [-0.1, -0.05) is 0 Å². The Morgan fingerprint density at radius 3 is 1.32 bits per heavy atom. The summed E-state index contributed by atoms with van der Waals surface area (Å²) in [6.45, 7) is 2.17. The van der Waals surface area contributed by atoms with Gasteiger partial charge in [0.05, 0.1) is 13.3 Å². The molecule has 0 saturated heterocycles. The fraction of sp³-hybridized carbons (Fsp3) is 0.636. The van der Waals surface area contributed by atoms with Crippen molar-refractivity contribution >= 4 is 23.4 Å². The predicted octanol–water partition coefficient (Wildman–Crippen LogP) is -2.26. The van der Waals surface area contributed by atoms with Crippen LogP contribution in [0.1, 0.15) is 13.8 Å². The molecular weight excluding hydrogens is 252 g/mol. The lowest BCUT2D eigenvalue weighted by atomic mass is 9.78. The SMILES string of the molecule is CNCNC(=O)C(C(C)=O)(C(C)=O)C(=O)NCNC. The van der Waals surface area contributed by atoms with Gasteiger partial charge in [-0.15, -0.1) is 0 Å². The van der Waals surface area contributed by atoms with Crippen molar-refractivity contribution in [3.8, 4) is 0 Å². The lowest BCUT2D eigenvalue weighted by molar-refractivity contribution is -0.155. The zero-order valence-corrected chi connectivity index (χ0v) is 11.5. The van der Waals surface area contributed by atoms with Crippen molar-refractivity contribution < 1.29 is 19.2 Å². The maximum atomic E-state index is 12.0. The van der Waals surface area contributed by atoms with Crippen LogP contribution in [0, 0.1) is 5.41 Å². The van der Waals surface area contributed by atoms with Crippen LogP contribution in [0.2, 0.25) is 0 Å². The molecule has 0 aromatic rings. The number of hydrogen-bond donors (Lipinski definition) is 4. The molecule has 0 aromatic heterocycles. The van der Waals surface area contributed by atoms with Crippen molar-refractivity contribution in [1.82, 2.24) is 21.3 Å². The quantitative estimate of drug-likeness (QED) is 0.293. The maximum Gasteiger partial charge on any atom is 0.252 e. The van der Waals surface area contributed by atoms with E-state index in [4.69, 9.17) is 0 Å². The fourth-order valence-electron chi connectivity index (χ4n) is 1.59. The van der Waals surface area contributed by atoms with Crippen LogP contribution < -0.4 is 21.3 Å². The van der Waals surface area contributed by atoms with Gasteiger partial charge in [-0.25, -0.2) is 0 Å². The lowest BCUT2D eigenvalue weighted by Gasteiger charge is -2.26. The Bertz CT molecular complexity index is 345. The van der Waals surface area contributed by atoms with Crippen molar-refractivity contribution in [2.24, 2.45) is 5.41 Å². The van der Waals surface area contributed by atoms with Gasteiger partial charge in [-0.3, -0.25) is 19.2 Å². The summed E-state index contributed by atoms with van der Waals surface area (Å²) in [5, 5.41) is 9.90. The topological polar surface area (TPSA) is 116 Å². The van der Waals surface area contributed by atoms with Crippen LogP contribution in [-0.2, 0) is 19.2 Å². The maximum absolute atomic E-state index is 12.0. The summed E-state index contributed by atoms with van der Waals surface area (Å²) < 4.78 is 0. The molecule has 0 fully saturated rings. The standard InChI is InChI=1S/C11H20N4O4/c1-7(16)11(8(2)17,9(18)14-5-12-3)10(19)15-6-13-4/h12-13H,5-6H2,1-4H3,(H,14,18)(H,15,19). The highest BCUT2D eigenvalue weighted by Gasteiger charge is 2.54. The largest absolute Gasteiger partial charge is 0.342 e. The number of amides is 2. The Kier molecular flexibility index (Phi) is 6.87. The van der Waals surface area contributed by atoms with Gasteiger partial charge in [0.25, 0.3) is 11.8 Å². The third-order valence-electron chi connectivity index (χ3n) is 2.59. The highest BCUT2D eigenvalue weighted by molar-refractivity contribution is 6.37. The molecule has 0 aliphatic rings. The Morgan fingerprint density at radius 2 is 1.11 bits per heavy atom. The van der Waals surface area contributed by atoms with Gasteiger partial charge in [-0.2, -0.15) is 0 Å². The fourth-order valence-corrected chi connectivity index (χ4v) is 1.59. The highest BCUT2D eigenvalue weighted by atomic mass is 16.2. The zero-order chi connectivity index (χ0) is 15.1. The van der Waals surface area contributed by atoms with Crippen LogP contribution in [0.3, 0.4) is 0 Å². The van der Waals surface area contributed by atoms with Crippen molar-refractivity contribution in [2.75, 3.05) is 27.4 Å². The summed E-state index contributed by atoms with van der Waals surface area (Å²) in [5.74, 6) is -3.50. The van der Waals surface area contributed by atoms with Gasteiger partial charge >= 0.3 is 0 Å². The third-order valence-corrected chi connectivity index (χ3v) is 2.59. The molecule has 0 spiro atoms. The van der Waals surface area contributed by atoms with Crippen molar-refractivity contribution in [3.63, 3.8) is 0 Å². The molecule has 0 aromatic carbocycles. The van der Waals surface area contributed by atoms with Crippen LogP contribution in [0.5, 0.6) is 0 Å². The van der Waals surface area contributed by atoms with Crippen molar-refractivity contribution in [1.29, 1.82) is 0 Å². The van der Waals surface area contributed by atoms with E-state index in [2.05, 4.69) is 21.3 Å².